The average molecular weight is 447 g/mol. The second-order valence-corrected chi connectivity index (χ2v) is 7.53. The average Bonchev–Trinajstić information content (AvgIpc) is 2.70. The zero-order valence-electron chi connectivity index (χ0n) is 17.2. The first-order chi connectivity index (χ1) is 15.0. The van der Waals surface area contributed by atoms with Gasteiger partial charge in [-0.25, -0.2) is 4.79 Å². The third-order valence-corrected chi connectivity index (χ3v) is 4.60. The SMILES string of the molecule is CC(C)(NC(=O)c1ccc2ccccc2c1OCc1cccc(OC(F)(F)F)c1)C(=O)O. The predicted octanol–water partition coefficient (Wildman–Crippen LogP) is 4.91. The number of fused-ring (bicyclic) bond motifs is 1. The molecule has 6 nitrogen and oxygen atoms in total. The van der Waals surface area contributed by atoms with E-state index in [0.717, 1.165) is 5.39 Å². The maximum absolute atomic E-state index is 12.9. The Morgan fingerprint density at radius 3 is 2.41 bits per heavy atom. The molecule has 0 heterocycles. The molecule has 0 aliphatic heterocycles. The van der Waals surface area contributed by atoms with E-state index in [-0.39, 0.29) is 17.9 Å². The molecule has 0 aliphatic rings. The van der Waals surface area contributed by atoms with Crippen molar-refractivity contribution in [2.24, 2.45) is 0 Å². The summed E-state index contributed by atoms with van der Waals surface area (Å²) < 4.78 is 47.3. The van der Waals surface area contributed by atoms with E-state index in [9.17, 15) is 27.9 Å². The molecule has 0 radical (unpaired) electrons. The molecular formula is C23H20F3NO5. The van der Waals surface area contributed by atoms with Gasteiger partial charge in [-0.2, -0.15) is 0 Å². The fourth-order valence-corrected chi connectivity index (χ4v) is 2.97. The number of halogens is 3. The van der Waals surface area contributed by atoms with Gasteiger partial charge in [0.15, 0.2) is 0 Å². The van der Waals surface area contributed by atoms with Crippen LogP contribution in [0.15, 0.2) is 60.7 Å². The van der Waals surface area contributed by atoms with E-state index < -0.39 is 29.5 Å². The van der Waals surface area contributed by atoms with Gasteiger partial charge in [-0.15, -0.1) is 13.2 Å². The normalized spacial score (nSPS) is 11.8. The summed E-state index contributed by atoms with van der Waals surface area (Å²) in [6.45, 7) is 2.55. The molecule has 0 atom stereocenters. The number of aliphatic carboxylic acids is 1. The second kappa shape index (κ2) is 8.78. The molecule has 32 heavy (non-hydrogen) atoms. The van der Waals surface area contributed by atoms with E-state index in [2.05, 4.69) is 10.1 Å². The van der Waals surface area contributed by atoms with Gasteiger partial charge in [0.25, 0.3) is 5.91 Å². The van der Waals surface area contributed by atoms with E-state index in [1.54, 1.807) is 30.3 Å². The molecule has 1 amide bonds. The summed E-state index contributed by atoms with van der Waals surface area (Å²) in [5.41, 5.74) is -1.04. The number of hydrogen-bond acceptors (Lipinski definition) is 4. The van der Waals surface area contributed by atoms with Crippen molar-refractivity contribution >= 4 is 22.6 Å². The van der Waals surface area contributed by atoms with Gasteiger partial charge in [-0.1, -0.05) is 42.5 Å². The van der Waals surface area contributed by atoms with E-state index in [4.69, 9.17) is 4.74 Å². The standard InChI is InChI=1S/C23H20F3NO5/c1-22(2,21(29)30)27-20(28)18-11-10-15-7-3-4-9-17(15)19(18)31-13-14-6-5-8-16(12-14)32-23(24,25)26/h3-12H,13H2,1-2H3,(H,27,28)(H,29,30). The van der Waals surface area contributed by atoms with Crippen LogP contribution in [-0.4, -0.2) is 28.9 Å². The Morgan fingerprint density at radius 2 is 1.72 bits per heavy atom. The van der Waals surface area contributed by atoms with Gasteiger partial charge in [0.2, 0.25) is 0 Å². The number of carbonyl (C=O) groups is 2. The molecule has 0 saturated carbocycles. The summed E-state index contributed by atoms with van der Waals surface area (Å²) >= 11 is 0. The largest absolute Gasteiger partial charge is 0.573 e. The van der Waals surface area contributed by atoms with Crippen molar-refractivity contribution in [1.82, 2.24) is 5.32 Å². The fourth-order valence-electron chi connectivity index (χ4n) is 2.97. The van der Waals surface area contributed by atoms with Crippen LogP contribution in [0.25, 0.3) is 10.8 Å². The molecule has 0 bridgehead atoms. The van der Waals surface area contributed by atoms with Crippen LogP contribution in [0, 0.1) is 0 Å². The van der Waals surface area contributed by atoms with Gasteiger partial charge in [0.05, 0.1) is 5.56 Å². The topological polar surface area (TPSA) is 84.9 Å². The van der Waals surface area contributed by atoms with Crippen LogP contribution in [-0.2, 0) is 11.4 Å². The van der Waals surface area contributed by atoms with Crippen LogP contribution < -0.4 is 14.8 Å². The number of carbonyl (C=O) groups excluding carboxylic acids is 1. The van der Waals surface area contributed by atoms with E-state index in [1.807, 2.05) is 6.07 Å². The quantitative estimate of drug-likeness (QED) is 0.538. The minimum atomic E-state index is -4.82. The Kier molecular flexibility index (Phi) is 6.29. The van der Waals surface area contributed by atoms with Gasteiger partial charge in [0, 0.05) is 5.39 Å². The van der Waals surface area contributed by atoms with E-state index >= 15 is 0 Å². The predicted molar refractivity (Wildman–Crippen MR) is 111 cm³/mol. The lowest BCUT2D eigenvalue weighted by molar-refractivity contribution is -0.274. The molecule has 0 spiro atoms. The molecule has 9 heteroatoms. The number of carboxylic acids is 1. The number of nitrogens with one attached hydrogen (secondary N) is 1. The van der Waals surface area contributed by atoms with Gasteiger partial charge in [-0.05, 0) is 43.0 Å². The monoisotopic (exact) mass is 447 g/mol. The first-order valence-electron chi connectivity index (χ1n) is 9.51. The zero-order chi connectivity index (χ0) is 23.5. The highest BCUT2D eigenvalue weighted by Gasteiger charge is 2.32. The molecule has 2 N–H and O–H groups in total. The summed E-state index contributed by atoms with van der Waals surface area (Å²) in [5.74, 6) is -2.08. The lowest BCUT2D eigenvalue weighted by atomic mass is 10.0. The van der Waals surface area contributed by atoms with Crippen molar-refractivity contribution < 1.29 is 37.3 Å². The molecule has 168 valence electrons. The third kappa shape index (κ3) is 5.48. The molecule has 0 fully saturated rings. The minimum Gasteiger partial charge on any atom is -0.487 e. The molecule has 3 aromatic rings. The van der Waals surface area contributed by atoms with E-state index in [0.29, 0.717) is 10.9 Å². The number of ether oxygens (including phenoxy) is 2. The number of amides is 1. The first kappa shape index (κ1) is 22.9. The van der Waals surface area contributed by atoms with Crippen LogP contribution in [0.4, 0.5) is 13.2 Å². The van der Waals surface area contributed by atoms with Gasteiger partial charge in [-0.3, -0.25) is 4.79 Å². The third-order valence-electron chi connectivity index (χ3n) is 4.60. The van der Waals surface area contributed by atoms with Crippen molar-refractivity contribution in [3.8, 4) is 11.5 Å². The Labute approximate surface area is 181 Å². The molecular weight excluding hydrogens is 427 g/mol. The highest BCUT2D eigenvalue weighted by molar-refractivity contribution is 6.05. The smallest absolute Gasteiger partial charge is 0.487 e. The van der Waals surface area contributed by atoms with E-state index in [1.165, 1.54) is 38.1 Å². The minimum absolute atomic E-state index is 0.0979. The van der Waals surface area contributed by atoms with Crippen LogP contribution in [0.5, 0.6) is 11.5 Å². The maximum atomic E-state index is 12.9. The number of benzene rings is 3. The summed E-state index contributed by atoms with van der Waals surface area (Å²) in [5, 5.41) is 13.1. The van der Waals surface area contributed by atoms with Gasteiger partial charge >= 0.3 is 12.3 Å². The molecule has 0 aliphatic carbocycles. The van der Waals surface area contributed by atoms with Gasteiger partial charge < -0.3 is 19.9 Å². The number of rotatable bonds is 7. The zero-order valence-corrected chi connectivity index (χ0v) is 17.2. The van der Waals surface area contributed by atoms with Gasteiger partial charge in [0.1, 0.15) is 23.6 Å². The summed E-state index contributed by atoms with van der Waals surface area (Å²) in [6, 6.07) is 15.6. The molecule has 0 unspecified atom stereocenters. The van der Waals surface area contributed by atoms with Crippen LogP contribution in [0.2, 0.25) is 0 Å². The Hall–Kier alpha value is -3.75. The molecule has 3 aromatic carbocycles. The van der Waals surface area contributed by atoms with Crippen molar-refractivity contribution in [2.45, 2.75) is 32.4 Å². The second-order valence-electron chi connectivity index (χ2n) is 7.53. The Balaban J connectivity index is 1.93. The molecule has 3 rings (SSSR count). The highest BCUT2D eigenvalue weighted by atomic mass is 19.4. The van der Waals surface area contributed by atoms with Crippen LogP contribution in [0.3, 0.4) is 0 Å². The van der Waals surface area contributed by atoms with Crippen LogP contribution in [0.1, 0.15) is 29.8 Å². The lowest BCUT2D eigenvalue weighted by Crippen LogP contribution is -2.49. The summed E-state index contributed by atoms with van der Waals surface area (Å²) in [4.78, 5) is 24.2. The number of hydrogen-bond donors (Lipinski definition) is 2. The van der Waals surface area contributed by atoms with Crippen molar-refractivity contribution in [1.29, 1.82) is 0 Å². The summed E-state index contributed by atoms with van der Waals surface area (Å²) in [6.07, 6.45) is -4.82. The Morgan fingerprint density at radius 1 is 1.00 bits per heavy atom. The highest BCUT2D eigenvalue weighted by Crippen LogP contribution is 2.32. The summed E-state index contributed by atoms with van der Waals surface area (Å²) in [7, 11) is 0. The first-order valence-corrected chi connectivity index (χ1v) is 9.51. The Bertz CT molecular complexity index is 1160. The van der Waals surface area contributed by atoms with Crippen molar-refractivity contribution in [3.05, 3.63) is 71.8 Å². The van der Waals surface area contributed by atoms with Crippen molar-refractivity contribution in [3.63, 3.8) is 0 Å². The number of alkyl halides is 3. The molecule has 0 saturated heterocycles. The molecule has 0 aromatic heterocycles. The lowest BCUT2D eigenvalue weighted by Gasteiger charge is -2.22. The van der Waals surface area contributed by atoms with Crippen molar-refractivity contribution in [2.75, 3.05) is 0 Å². The van der Waals surface area contributed by atoms with Crippen LogP contribution >= 0.6 is 0 Å². The number of carboxylic acid groups (broad SMARTS) is 1. The fraction of sp³-hybridized carbons (Fsp3) is 0.217. The maximum Gasteiger partial charge on any atom is 0.573 e.